The SMILES string of the molecule is COCCNC(=O)CN(C)S(=O)(=O)c1ccccc1Cl. The van der Waals surface area contributed by atoms with Crippen molar-refractivity contribution in [3.8, 4) is 0 Å². The first-order valence-corrected chi connectivity index (χ1v) is 7.68. The van der Waals surface area contributed by atoms with Crippen molar-refractivity contribution >= 4 is 27.5 Å². The van der Waals surface area contributed by atoms with Gasteiger partial charge in [-0.2, -0.15) is 4.31 Å². The summed E-state index contributed by atoms with van der Waals surface area (Å²) in [5, 5.41) is 2.67. The second kappa shape index (κ2) is 7.58. The van der Waals surface area contributed by atoms with Gasteiger partial charge in [0.1, 0.15) is 4.90 Å². The lowest BCUT2D eigenvalue weighted by molar-refractivity contribution is -0.121. The lowest BCUT2D eigenvalue weighted by atomic mass is 10.4. The van der Waals surface area contributed by atoms with Crippen LogP contribution < -0.4 is 5.32 Å². The summed E-state index contributed by atoms with van der Waals surface area (Å²) >= 11 is 5.87. The molecule has 0 aliphatic heterocycles. The van der Waals surface area contributed by atoms with Gasteiger partial charge in [-0.1, -0.05) is 23.7 Å². The first kappa shape index (κ1) is 16.9. The molecule has 20 heavy (non-hydrogen) atoms. The van der Waals surface area contributed by atoms with Crippen LogP contribution in [0.1, 0.15) is 0 Å². The molecular weight excluding hydrogens is 304 g/mol. The molecule has 1 rings (SSSR count). The second-order valence-electron chi connectivity index (χ2n) is 4.03. The number of methoxy groups -OCH3 is 1. The van der Waals surface area contributed by atoms with E-state index in [1.54, 1.807) is 12.1 Å². The van der Waals surface area contributed by atoms with Crippen LogP contribution >= 0.6 is 11.6 Å². The van der Waals surface area contributed by atoms with E-state index in [1.165, 1.54) is 26.3 Å². The lowest BCUT2D eigenvalue weighted by Gasteiger charge is -2.17. The van der Waals surface area contributed by atoms with Crippen LogP contribution in [0.15, 0.2) is 29.2 Å². The van der Waals surface area contributed by atoms with Gasteiger partial charge in [-0.3, -0.25) is 4.79 Å². The number of amides is 1. The third-order valence-electron chi connectivity index (χ3n) is 2.52. The zero-order valence-corrected chi connectivity index (χ0v) is 12.9. The van der Waals surface area contributed by atoms with E-state index in [9.17, 15) is 13.2 Å². The molecule has 0 aromatic heterocycles. The molecule has 8 heteroatoms. The molecule has 1 amide bonds. The minimum Gasteiger partial charge on any atom is -0.383 e. The predicted molar refractivity (Wildman–Crippen MR) is 76.2 cm³/mol. The fourth-order valence-corrected chi connectivity index (χ4v) is 3.07. The molecule has 6 nitrogen and oxygen atoms in total. The van der Waals surface area contributed by atoms with Gasteiger partial charge in [-0.15, -0.1) is 0 Å². The standard InChI is InChI=1S/C12H17ClN2O4S/c1-15(9-12(16)14-7-8-19-2)20(17,18)11-6-4-3-5-10(11)13/h3-6H,7-9H2,1-2H3,(H,14,16). The summed E-state index contributed by atoms with van der Waals surface area (Å²) < 4.78 is 30.3. The van der Waals surface area contributed by atoms with Crippen molar-refractivity contribution in [3.05, 3.63) is 29.3 Å². The third kappa shape index (κ3) is 4.45. The average molecular weight is 321 g/mol. The highest BCUT2D eigenvalue weighted by Gasteiger charge is 2.24. The average Bonchev–Trinajstić information content (AvgIpc) is 2.39. The van der Waals surface area contributed by atoms with Gasteiger partial charge in [-0.05, 0) is 12.1 Å². The molecule has 0 spiro atoms. The van der Waals surface area contributed by atoms with E-state index in [0.717, 1.165) is 4.31 Å². The maximum absolute atomic E-state index is 12.3. The Kier molecular flexibility index (Phi) is 6.41. The first-order valence-electron chi connectivity index (χ1n) is 5.86. The number of nitrogens with zero attached hydrogens (tertiary/aromatic N) is 1. The summed E-state index contributed by atoms with van der Waals surface area (Å²) in [5.41, 5.74) is 0. The number of likely N-dealkylation sites (N-methyl/N-ethyl adjacent to an activating group) is 1. The molecule has 0 aliphatic rings. The topological polar surface area (TPSA) is 75.7 Å². The van der Waals surface area contributed by atoms with E-state index < -0.39 is 15.9 Å². The Morgan fingerprint density at radius 1 is 1.40 bits per heavy atom. The van der Waals surface area contributed by atoms with Crippen LogP contribution in [0.2, 0.25) is 5.02 Å². The van der Waals surface area contributed by atoms with Crippen molar-refractivity contribution in [2.24, 2.45) is 0 Å². The minimum absolute atomic E-state index is 0.0196. The molecule has 0 unspecified atom stereocenters. The van der Waals surface area contributed by atoms with Crippen LogP contribution in [-0.4, -0.2) is 52.5 Å². The highest BCUT2D eigenvalue weighted by Crippen LogP contribution is 2.23. The number of hydrogen-bond donors (Lipinski definition) is 1. The number of carbonyl (C=O) groups excluding carboxylic acids is 1. The van der Waals surface area contributed by atoms with Gasteiger partial charge in [0.25, 0.3) is 0 Å². The van der Waals surface area contributed by atoms with E-state index >= 15 is 0 Å². The second-order valence-corrected chi connectivity index (χ2v) is 6.45. The molecule has 0 bridgehead atoms. The van der Waals surface area contributed by atoms with Gasteiger partial charge in [0.15, 0.2) is 0 Å². The van der Waals surface area contributed by atoms with E-state index in [-0.39, 0.29) is 16.5 Å². The molecule has 0 atom stereocenters. The summed E-state index contributed by atoms with van der Waals surface area (Å²) in [4.78, 5) is 11.6. The van der Waals surface area contributed by atoms with Crippen LogP contribution in [0, 0.1) is 0 Å². The van der Waals surface area contributed by atoms with Crippen LogP contribution in [0.3, 0.4) is 0 Å². The van der Waals surface area contributed by atoms with Gasteiger partial charge in [-0.25, -0.2) is 8.42 Å². The molecule has 0 heterocycles. The fraction of sp³-hybridized carbons (Fsp3) is 0.417. The summed E-state index contributed by atoms with van der Waals surface area (Å²) in [6.07, 6.45) is 0. The highest BCUT2D eigenvalue weighted by molar-refractivity contribution is 7.89. The molecule has 0 aliphatic carbocycles. The van der Waals surface area contributed by atoms with E-state index in [4.69, 9.17) is 16.3 Å². The summed E-state index contributed by atoms with van der Waals surface area (Å²) in [6, 6.07) is 6.10. The number of rotatable bonds is 7. The lowest BCUT2D eigenvalue weighted by Crippen LogP contribution is -2.39. The minimum atomic E-state index is -3.79. The Balaban J connectivity index is 2.73. The molecule has 0 radical (unpaired) electrons. The smallest absolute Gasteiger partial charge is 0.244 e. The molecule has 0 saturated heterocycles. The fourth-order valence-electron chi connectivity index (χ4n) is 1.46. The molecule has 1 aromatic rings. The van der Waals surface area contributed by atoms with Crippen LogP contribution in [-0.2, 0) is 19.6 Å². The maximum atomic E-state index is 12.3. The summed E-state index contributed by atoms with van der Waals surface area (Å²) in [5.74, 6) is -0.403. The molecule has 1 N–H and O–H groups in total. The Morgan fingerprint density at radius 2 is 2.05 bits per heavy atom. The number of hydrogen-bond acceptors (Lipinski definition) is 4. The van der Waals surface area contributed by atoms with Crippen molar-refractivity contribution in [1.82, 2.24) is 9.62 Å². The van der Waals surface area contributed by atoms with E-state index in [1.807, 2.05) is 0 Å². The number of ether oxygens (including phenoxy) is 1. The van der Waals surface area contributed by atoms with Crippen molar-refractivity contribution in [1.29, 1.82) is 0 Å². The molecule has 1 aromatic carbocycles. The van der Waals surface area contributed by atoms with Gasteiger partial charge in [0.2, 0.25) is 15.9 Å². The number of sulfonamides is 1. The largest absolute Gasteiger partial charge is 0.383 e. The van der Waals surface area contributed by atoms with Gasteiger partial charge in [0, 0.05) is 20.7 Å². The molecule has 112 valence electrons. The van der Waals surface area contributed by atoms with Crippen LogP contribution in [0.25, 0.3) is 0 Å². The monoisotopic (exact) mass is 320 g/mol. The molecule has 0 saturated carbocycles. The van der Waals surface area contributed by atoms with Crippen molar-refractivity contribution in [2.75, 3.05) is 33.9 Å². The Labute approximate surface area is 123 Å². The van der Waals surface area contributed by atoms with E-state index in [2.05, 4.69) is 5.32 Å². The summed E-state index contributed by atoms with van der Waals surface area (Å²) in [7, 11) is -0.944. The van der Waals surface area contributed by atoms with Gasteiger partial charge < -0.3 is 10.1 Å². The first-order chi connectivity index (χ1) is 9.39. The highest BCUT2D eigenvalue weighted by atomic mass is 35.5. The Morgan fingerprint density at radius 3 is 2.65 bits per heavy atom. The van der Waals surface area contributed by atoms with Crippen LogP contribution in [0.4, 0.5) is 0 Å². The Bertz CT molecular complexity index is 562. The zero-order chi connectivity index (χ0) is 15.2. The molecular formula is C12H17ClN2O4S. The van der Waals surface area contributed by atoms with Crippen LogP contribution in [0.5, 0.6) is 0 Å². The molecule has 0 fully saturated rings. The normalized spacial score (nSPS) is 11.6. The van der Waals surface area contributed by atoms with Gasteiger partial charge in [0.05, 0.1) is 18.2 Å². The number of halogens is 1. The maximum Gasteiger partial charge on any atom is 0.244 e. The number of carbonyl (C=O) groups is 1. The van der Waals surface area contributed by atoms with Crippen molar-refractivity contribution in [3.63, 3.8) is 0 Å². The van der Waals surface area contributed by atoms with Gasteiger partial charge >= 0.3 is 0 Å². The quantitative estimate of drug-likeness (QED) is 0.751. The Hall–Kier alpha value is -1.15. The van der Waals surface area contributed by atoms with Crippen molar-refractivity contribution in [2.45, 2.75) is 4.90 Å². The van der Waals surface area contributed by atoms with E-state index in [0.29, 0.717) is 13.2 Å². The number of nitrogens with one attached hydrogen (secondary N) is 1. The third-order valence-corrected chi connectivity index (χ3v) is 4.82. The predicted octanol–water partition coefficient (Wildman–Crippen LogP) is 0.723. The van der Waals surface area contributed by atoms with Crippen molar-refractivity contribution < 1.29 is 17.9 Å². The zero-order valence-electron chi connectivity index (χ0n) is 11.3. The summed E-state index contributed by atoms with van der Waals surface area (Å²) in [6.45, 7) is 0.416. The number of benzene rings is 1.